The summed E-state index contributed by atoms with van der Waals surface area (Å²) in [7, 11) is 0. The Bertz CT molecular complexity index is 974. The zero-order valence-electron chi connectivity index (χ0n) is 17.6. The number of quaternary nitrogens is 1. The van der Waals surface area contributed by atoms with Gasteiger partial charge in [-0.05, 0) is 46.5 Å². The van der Waals surface area contributed by atoms with E-state index in [1.807, 2.05) is 39.7 Å². The molecular formula is C25H28NO3S2+. The molecule has 3 aromatic rings. The summed E-state index contributed by atoms with van der Waals surface area (Å²) in [5.41, 5.74) is 0.673. The van der Waals surface area contributed by atoms with Crippen molar-refractivity contribution in [1.29, 1.82) is 0 Å². The van der Waals surface area contributed by atoms with Crippen LogP contribution in [0.25, 0.3) is 0 Å². The van der Waals surface area contributed by atoms with E-state index >= 15 is 0 Å². The van der Waals surface area contributed by atoms with Crippen LogP contribution in [-0.4, -0.2) is 34.9 Å². The van der Waals surface area contributed by atoms with E-state index in [2.05, 4.69) is 31.2 Å². The Hall–Kier alpha value is -1.99. The summed E-state index contributed by atoms with van der Waals surface area (Å²) in [5.74, 6) is 0.0378. The summed E-state index contributed by atoms with van der Waals surface area (Å²) in [6.45, 7) is 4.27. The molecule has 3 aliphatic heterocycles. The Morgan fingerprint density at radius 2 is 1.68 bits per heavy atom. The van der Waals surface area contributed by atoms with Crippen molar-refractivity contribution in [3.8, 4) is 0 Å². The number of piperidine rings is 3. The van der Waals surface area contributed by atoms with E-state index in [9.17, 15) is 9.90 Å². The molecule has 1 N–H and O–H groups in total. The van der Waals surface area contributed by atoms with Crippen molar-refractivity contribution in [1.82, 2.24) is 0 Å². The molecular weight excluding hydrogens is 426 g/mol. The summed E-state index contributed by atoms with van der Waals surface area (Å²) in [6.07, 6.45) is 2.97. The second-order valence-corrected chi connectivity index (χ2v) is 10.5. The van der Waals surface area contributed by atoms with Gasteiger partial charge >= 0.3 is 5.97 Å². The fraction of sp³-hybridized carbons (Fsp3) is 0.400. The maximum Gasteiger partial charge on any atom is 0.352 e. The zero-order chi connectivity index (χ0) is 21.5. The first-order chi connectivity index (χ1) is 15.0. The quantitative estimate of drug-likeness (QED) is 0.406. The van der Waals surface area contributed by atoms with Crippen molar-refractivity contribution in [2.45, 2.75) is 44.1 Å². The second-order valence-electron chi connectivity index (χ2n) is 8.91. The Kier molecular flexibility index (Phi) is 5.51. The van der Waals surface area contributed by atoms with Gasteiger partial charge in [0.25, 0.3) is 0 Å². The lowest BCUT2D eigenvalue weighted by Gasteiger charge is -2.56. The number of ether oxygens (including phenoxy) is 1. The normalized spacial score (nSPS) is 26.5. The van der Waals surface area contributed by atoms with Gasteiger partial charge < -0.3 is 9.84 Å². The molecule has 2 aromatic heterocycles. The number of carbonyl (C=O) groups is 1. The van der Waals surface area contributed by atoms with Gasteiger partial charge in [0, 0.05) is 36.0 Å². The van der Waals surface area contributed by atoms with Gasteiger partial charge in [-0.2, -0.15) is 22.7 Å². The number of fused-ring (bicyclic) bond motifs is 3. The molecule has 2 bridgehead atoms. The summed E-state index contributed by atoms with van der Waals surface area (Å²) < 4.78 is 7.04. The first-order valence-electron chi connectivity index (χ1n) is 10.9. The van der Waals surface area contributed by atoms with Gasteiger partial charge in [0.2, 0.25) is 11.8 Å². The molecule has 31 heavy (non-hydrogen) atoms. The molecule has 3 fully saturated rings. The number of esters is 1. The lowest BCUT2D eigenvalue weighted by molar-refractivity contribution is -1.01. The van der Waals surface area contributed by atoms with E-state index in [4.69, 9.17) is 4.74 Å². The van der Waals surface area contributed by atoms with E-state index in [1.165, 1.54) is 41.1 Å². The highest BCUT2D eigenvalue weighted by molar-refractivity contribution is 7.08. The van der Waals surface area contributed by atoms with E-state index in [-0.39, 0.29) is 12.3 Å². The molecule has 162 valence electrons. The van der Waals surface area contributed by atoms with Crippen molar-refractivity contribution in [2.75, 3.05) is 13.1 Å². The van der Waals surface area contributed by atoms with Crippen LogP contribution in [0.3, 0.4) is 0 Å². The third kappa shape index (κ3) is 3.46. The fourth-order valence-electron chi connectivity index (χ4n) is 5.49. The van der Waals surface area contributed by atoms with E-state index in [0.717, 1.165) is 24.0 Å². The van der Waals surface area contributed by atoms with Crippen LogP contribution in [0.1, 0.15) is 48.9 Å². The molecule has 0 spiro atoms. The number of rotatable bonds is 6. The number of thiophene rings is 2. The average Bonchev–Trinajstić information content (AvgIpc) is 3.54. The SMILES string of the molecule is CC(c1ccccc1)[N+]12CCC(CC1)C[C@H]2OC(=O)C(O)(c1ccsc1)c1ccsc1. The summed E-state index contributed by atoms with van der Waals surface area (Å²) in [4.78, 5) is 13.6. The average molecular weight is 455 g/mol. The van der Waals surface area contributed by atoms with Crippen LogP contribution < -0.4 is 0 Å². The highest BCUT2D eigenvalue weighted by Crippen LogP contribution is 2.46. The second kappa shape index (κ2) is 8.17. The van der Waals surface area contributed by atoms with Gasteiger partial charge in [0.15, 0.2) is 0 Å². The maximum absolute atomic E-state index is 13.6. The van der Waals surface area contributed by atoms with Crippen molar-refractivity contribution >= 4 is 28.6 Å². The number of aliphatic hydroxyl groups is 1. The number of nitrogens with zero attached hydrogens (tertiary/aromatic N) is 1. The first kappa shape index (κ1) is 20.9. The van der Waals surface area contributed by atoms with Crippen molar-refractivity contribution in [3.63, 3.8) is 0 Å². The minimum absolute atomic E-state index is 0.232. The molecule has 0 saturated carbocycles. The smallest absolute Gasteiger partial charge is 0.352 e. The maximum atomic E-state index is 13.6. The molecule has 2 atom stereocenters. The molecule has 1 aromatic carbocycles. The monoisotopic (exact) mass is 454 g/mol. The van der Waals surface area contributed by atoms with Gasteiger partial charge in [0.05, 0.1) is 13.1 Å². The Morgan fingerprint density at radius 1 is 1.06 bits per heavy atom. The zero-order valence-corrected chi connectivity index (χ0v) is 19.3. The number of carbonyl (C=O) groups excluding carboxylic acids is 1. The predicted molar refractivity (Wildman–Crippen MR) is 124 cm³/mol. The molecule has 3 aliphatic rings. The number of hydrogen-bond acceptors (Lipinski definition) is 5. The topological polar surface area (TPSA) is 46.5 Å². The van der Waals surface area contributed by atoms with Crippen molar-refractivity contribution in [2.24, 2.45) is 5.92 Å². The Labute approximate surface area is 191 Å². The van der Waals surface area contributed by atoms with Gasteiger partial charge in [-0.15, -0.1) is 0 Å². The molecule has 0 radical (unpaired) electrons. The molecule has 5 heterocycles. The highest BCUT2D eigenvalue weighted by Gasteiger charge is 2.54. The molecule has 3 saturated heterocycles. The molecule has 6 heteroatoms. The standard InChI is InChI=1S/C25H28NO3S2/c1-18(20-5-3-2-4-6-20)26-11-7-19(8-12-26)15-23(26)29-24(27)25(28,21-9-13-30-16-21)22-10-14-31-17-22/h2-6,9-10,13-14,16-19,23,28H,7-8,11-12,15H2,1H3/q+1/t18?,19?,23-,26?/m1/s1. The summed E-state index contributed by atoms with van der Waals surface area (Å²) in [6, 6.07) is 14.4. The van der Waals surface area contributed by atoms with E-state index < -0.39 is 11.6 Å². The van der Waals surface area contributed by atoms with Crippen LogP contribution in [-0.2, 0) is 15.1 Å². The molecule has 6 rings (SSSR count). The molecule has 0 aliphatic carbocycles. The number of benzene rings is 1. The highest BCUT2D eigenvalue weighted by atomic mass is 32.1. The first-order valence-corrected chi connectivity index (χ1v) is 12.8. The van der Waals surface area contributed by atoms with Gasteiger partial charge in [-0.25, -0.2) is 4.79 Å². The van der Waals surface area contributed by atoms with Crippen LogP contribution in [0.2, 0.25) is 0 Å². The lowest BCUT2D eigenvalue weighted by Crippen LogP contribution is -2.66. The molecule has 1 unspecified atom stereocenters. The molecule has 0 amide bonds. The minimum Gasteiger partial charge on any atom is -0.410 e. The van der Waals surface area contributed by atoms with Gasteiger partial charge in [0.1, 0.15) is 6.04 Å². The summed E-state index contributed by atoms with van der Waals surface area (Å²) >= 11 is 2.94. The van der Waals surface area contributed by atoms with E-state index in [1.54, 1.807) is 0 Å². The third-order valence-electron chi connectivity index (χ3n) is 7.49. The van der Waals surface area contributed by atoms with E-state index in [0.29, 0.717) is 17.0 Å². The van der Waals surface area contributed by atoms with Crippen LogP contribution in [0.15, 0.2) is 64.0 Å². The number of hydrogen-bond donors (Lipinski definition) is 1. The fourth-order valence-corrected chi connectivity index (χ4v) is 6.89. The van der Waals surface area contributed by atoms with Crippen LogP contribution >= 0.6 is 22.7 Å². The largest absolute Gasteiger partial charge is 0.410 e. The Morgan fingerprint density at radius 3 is 2.23 bits per heavy atom. The minimum atomic E-state index is -1.77. The van der Waals surface area contributed by atoms with Crippen LogP contribution in [0.4, 0.5) is 0 Å². The predicted octanol–water partition coefficient (Wildman–Crippen LogP) is 5.31. The van der Waals surface area contributed by atoms with Gasteiger partial charge in [-0.1, -0.05) is 30.3 Å². The molecule has 4 nitrogen and oxygen atoms in total. The van der Waals surface area contributed by atoms with Crippen LogP contribution in [0, 0.1) is 5.92 Å². The van der Waals surface area contributed by atoms with Gasteiger partial charge in [-0.3, -0.25) is 4.48 Å². The van der Waals surface area contributed by atoms with Crippen molar-refractivity contribution < 1.29 is 19.1 Å². The summed E-state index contributed by atoms with van der Waals surface area (Å²) in [5, 5.41) is 19.1. The van der Waals surface area contributed by atoms with Crippen LogP contribution in [0.5, 0.6) is 0 Å². The van der Waals surface area contributed by atoms with Crippen molar-refractivity contribution in [3.05, 3.63) is 80.7 Å². The Balaban J connectivity index is 1.48. The lowest BCUT2D eigenvalue weighted by atomic mass is 9.81. The third-order valence-corrected chi connectivity index (χ3v) is 8.85.